The van der Waals surface area contributed by atoms with Gasteiger partial charge in [0.2, 0.25) is 0 Å². The highest BCUT2D eigenvalue weighted by atomic mass is 19.1. The minimum absolute atomic E-state index is 0.0301. The molecule has 2 N–H and O–H groups in total. The van der Waals surface area contributed by atoms with Crippen LogP contribution in [-0.2, 0) is 6.42 Å². The summed E-state index contributed by atoms with van der Waals surface area (Å²) in [6.07, 6.45) is 1.03. The monoisotopic (exact) mass is 283 g/mol. The molecule has 0 fully saturated rings. The zero-order chi connectivity index (χ0) is 15.4. The maximum atomic E-state index is 13.6. The molecule has 1 aromatic carbocycles. The first kappa shape index (κ1) is 16.9. The van der Waals surface area contributed by atoms with Crippen LogP contribution in [0.4, 0.5) is 4.39 Å². The van der Waals surface area contributed by atoms with E-state index in [2.05, 4.69) is 26.1 Å². The van der Waals surface area contributed by atoms with Crippen LogP contribution in [0, 0.1) is 5.82 Å². The van der Waals surface area contributed by atoms with Crippen molar-refractivity contribution >= 4 is 0 Å². The molecule has 0 aliphatic carbocycles. The Hall–Kier alpha value is -1.13. The molecule has 0 aromatic heterocycles. The zero-order valence-corrected chi connectivity index (χ0v) is 13.1. The molecule has 1 aromatic rings. The predicted molar refractivity (Wildman–Crippen MR) is 79.7 cm³/mol. The maximum Gasteiger partial charge on any atom is 0.165 e. The highest BCUT2D eigenvalue weighted by molar-refractivity contribution is 5.30. The maximum absolute atomic E-state index is 13.6. The molecular formula is C16H26FNO2. The molecule has 0 heterocycles. The van der Waals surface area contributed by atoms with Crippen LogP contribution >= 0.6 is 0 Å². The molecule has 0 radical (unpaired) electrons. The summed E-state index contributed by atoms with van der Waals surface area (Å²) in [6.45, 7) is 8.75. The van der Waals surface area contributed by atoms with E-state index in [9.17, 15) is 9.50 Å². The van der Waals surface area contributed by atoms with Gasteiger partial charge in [-0.1, -0.05) is 6.07 Å². The van der Waals surface area contributed by atoms with E-state index in [0.29, 0.717) is 12.8 Å². The zero-order valence-electron chi connectivity index (χ0n) is 13.1. The average Bonchev–Trinajstić information content (AvgIpc) is 2.26. The van der Waals surface area contributed by atoms with Crippen molar-refractivity contribution in [2.75, 3.05) is 13.7 Å². The minimum atomic E-state index is -0.862. The van der Waals surface area contributed by atoms with Gasteiger partial charge in [-0.2, -0.15) is 0 Å². The number of hydrogen-bond acceptors (Lipinski definition) is 3. The van der Waals surface area contributed by atoms with Gasteiger partial charge in [0.1, 0.15) is 0 Å². The van der Waals surface area contributed by atoms with Gasteiger partial charge in [0, 0.05) is 12.0 Å². The average molecular weight is 283 g/mol. The van der Waals surface area contributed by atoms with Gasteiger partial charge in [-0.3, -0.25) is 0 Å². The predicted octanol–water partition coefficient (Wildman–Crippen LogP) is 2.91. The molecular weight excluding hydrogens is 257 g/mol. The van der Waals surface area contributed by atoms with Crippen LogP contribution in [0.25, 0.3) is 0 Å². The van der Waals surface area contributed by atoms with Gasteiger partial charge in [0.05, 0.1) is 12.7 Å². The lowest BCUT2D eigenvalue weighted by Crippen LogP contribution is -2.40. The molecule has 0 saturated heterocycles. The number of hydrogen-bond donors (Lipinski definition) is 2. The van der Waals surface area contributed by atoms with Crippen molar-refractivity contribution in [3.63, 3.8) is 0 Å². The van der Waals surface area contributed by atoms with Gasteiger partial charge >= 0.3 is 0 Å². The standard InChI is InChI=1S/C16H26FNO2/c1-15(2,3)18-9-8-16(4,19)11-12-6-7-14(20-5)13(17)10-12/h6-7,10,18-19H,8-9,11H2,1-5H3. The first-order valence-electron chi connectivity index (χ1n) is 6.93. The molecule has 20 heavy (non-hydrogen) atoms. The Morgan fingerprint density at radius 2 is 1.90 bits per heavy atom. The number of aliphatic hydroxyl groups is 1. The summed E-state index contributed by atoms with van der Waals surface area (Å²) in [5.41, 5.74) is -0.0641. The summed E-state index contributed by atoms with van der Waals surface area (Å²) in [6, 6.07) is 4.80. The van der Waals surface area contributed by atoms with Crippen molar-refractivity contribution in [3.05, 3.63) is 29.6 Å². The largest absolute Gasteiger partial charge is 0.494 e. The second kappa shape index (κ2) is 6.55. The van der Waals surface area contributed by atoms with Crippen LogP contribution in [0.3, 0.4) is 0 Å². The molecule has 1 rings (SSSR count). The summed E-state index contributed by atoms with van der Waals surface area (Å²) in [5.74, 6) is -0.170. The Balaban J connectivity index is 2.59. The smallest absolute Gasteiger partial charge is 0.165 e. The van der Waals surface area contributed by atoms with Crippen molar-refractivity contribution in [2.45, 2.75) is 51.7 Å². The van der Waals surface area contributed by atoms with E-state index in [1.54, 1.807) is 19.1 Å². The van der Waals surface area contributed by atoms with Gasteiger partial charge in [-0.25, -0.2) is 4.39 Å². The number of rotatable bonds is 6. The third-order valence-corrected chi connectivity index (χ3v) is 3.12. The van der Waals surface area contributed by atoms with Crippen LogP contribution in [0.2, 0.25) is 0 Å². The normalized spacial score (nSPS) is 14.9. The number of benzene rings is 1. The summed E-state index contributed by atoms with van der Waals surface area (Å²) in [4.78, 5) is 0. The van der Waals surface area contributed by atoms with Crippen LogP contribution in [0.1, 0.15) is 39.7 Å². The lowest BCUT2D eigenvalue weighted by Gasteiger charge is -2.27. The van der Waals surface area contributed by atoms with Crippen LogP contribution in [-0.4, -0.2) is 29.9 Å². The minimum Gasteiger partial charge on any atom is -0.494 e. The fourth-order valence-corrected chi connectivity index (χ4v) is 2.05. The van der Waals surface area contributed by atoms with Gasteiger partial charge in [-0.15, -0.1) is 0 Å². The fourth-order valence-electron chi connectivity index (χ4n) is 2.05. The molecule has 1 atom stereocenters. The van der Waals surface area contributed by atoms with E-state index in [1.807, 2.05) is 0 Å². The SMILES string of the molecule is COc1ccc(CC(C)(O)CCNC(C)(C)C)cc1F. The van der Waals surface area contributed by atoms with Crippen LogP contribution < -0.4 is 10.1 Å². The summed E-state index contributed by atoms with van der Waals surface area (Å²) in [7, 11) is 1.44. The fraction of sp³-hybridized carbons (Fsp3) is 0.625. The third kappa shape index (κ3) is 5.88. The molecule has 0 amide bonds. The molecule has 1 unspecified atom stereocenters. The lowest BCUT2D eigenvalue weighted by atomic mass is 9.92. The van der Waals surface area contributed by atoms with Crippen LogP contribution in [0.5, 0.6) is 5.75 Å². The highest BCUT2D eigenvalue weighted by Crippen LogP contribution is 2.22. The molecule has 0 aliphatic heterocycles. The Kier molecular flexibility index (Phi) is 5.54. The van der Waals surface area contributed by atoms with Crippen molar-refractivity contribution in [2.24, 2.45) is 0 Å². The molecule has 0 bridgehead atoms. The van der Waals surface area contributed by atoms with Gasteiger partial charge in [0.25, 0.3) is 0 Å². The first-order chi connectivity index (χ1) is 9.13. The number of halogens is 1. The van der Waals surface area contributed by atoms with Gasteiger partial charge < -0.3 is 15.2 Å². The quantitative estimate of drug-likeness (QED) is 0.843. The van der Waals surface area contributed by atoms with Crippen molar-refractivity contribution < 1.29 is 14.2 Å². The first-order valence-corrected chi connectivity index (χ1v) is 6.93. The topological polar surface area (TPSA) is 41.5 Å². The van der Waals surface area contributed by atoms with E-state index >= 15 is 0 Å². The van der Waals surface area contributed by atoms with E-state index in [1.165, 1.54) is 13.2 Å². The number of methoxy groups -OCH3 is 1. The molecule has 3 nitrogen and oxygen atoms in total. The molecule has 114 valence electrons. The van der Waals surface area contributed by atoms with Crippen molar-refractivity contribution in [1.82, 2.24) is 5.32 Å². The number of nitrogens with one attached hydrogen (secondary N) is 1. The Morgan fingerprint density at radius 1 is 1.25 bits per heavy atom. The van der Waals surface area contributed by atoms with Crippen molar-refractivity contribution in [1.29, 1.82) is 0 Å². The summed E-state index contributed by atoms with van der Waals surface area (Å²) in [5, 5.41) is 13.7. The van der Waals surface area contributed by atoms with E-state index in [0.717, 1.165) is 12.1 Å². The van der Waals surface area contributed by atoms with E-state index < -0.39 is 11.4 Å². The second-order valence-corrected chi connectivity index (χ2v) is 6.57. The van der Waals surface area contributed by atoms with E-state index in [-0.39, 0.29) is 11.3 Å². The third-order valence-electron chi connectivity index (χ3n) is 3.12. The number of ether oxygens (including phenoxy) is 1. The van der Waals surface area contributed by atoms with Gasteiger partial charge in [-0.05, 0) is 58.4 Å². The van der Waals surface area contributed by atoms with E-state index in [4.69, 9.17) is 4.74 Å². The lowest BCUT2D eigenvalue weighted by molar-refractivity contribution is 0.0499. The van der Waals surface area contributed by atoms with Crippen LogP contribution in [0.15, 0.2) is 18.2 Å². The van der Waals surface area contributed by atoms with Gasteiger partial charge in [0.15, 0.2) is 11.6 Å². The summed E-state index contributed by atoms with van der Waals surface area (Å²) >= 11 is 0. The molecule has 0 saturated carbocycles. The Morgan fingerprint density at radius 3 is 2.40 bits per heavy atom. The molecule has 0 aliphatic rings. The Labute approximate surface area is 121 Å². The van der Waals surface area contributed by atoms with Crippen molar-refractivity contribution in [3.8, 4) is 5.75 Å². The highest BCUT2D eigenvalue weighted by Gasteiger charge is 2.22. The second-order valence-electron chi connectivity index (χ2n) is 6.57. The summed E-state index contributed by atoms with van der Waals surface area (Å²) < 4.78 is 18.5. The molecule has 4 heteroatoms. The molecule has 0 spiro atoms. The Bertz CT molecular complexity index is 439.